The predicted molar refractivity (Wildman–Crippen MR) is 253 cm³/mol. The van der Waals surface area contributed by atoms with Gasteiger partial charge in [-0.25, -0.2) is 0 Å². The number of hydrogen-bond donors (Lipinski definition) is 0. The van der Waals surface area contributed by atoms with Crippen LogP contribution in [0.15, 0.2) is 217 Å². The van der Waals surface area contributed by atoms with Gasteiger partial charge in [-0.1, -0.05) is 176 Å². The van der Waals surface area contributed by atoms with Gasteiger partial charge in [-0.05, 0) is 74.8 Å². The lowest BCUT2D eigenvalue weighted by atomic mass is 9.90. The zero-order valence-corrected chi connectivity index (χ0v) is 32.8. The van der Waals surface area contributed by atoms with Crippen molar-refractivity contribution in [3.63, 3.8) is 0 Å². The second-order valence-electron chi connectivity index (χ2n) is 15.2. The average molecular weight is 770 g/mol. The molecule has 0 N–H and O–H groups in total. The lowest BCUT2D eigenvalue weighted by molar-refractivity contribution is 0.670. The molecule has 0 aliphatic carbocycles. The van der Waals surface area contributed by atoms with Crippen LogP contribution in [-0.2, 0) is 0 Å². The van der Waals surface area contributed by atoms with E-state index >= 15 is 0 Å². The van der Waals surface area contributed by atoms with Gasteiger partial charge in [0.15, 0.2) is 0 Å². The second-order valence-corrected chi connectivity index (χ2v) is 16.2. The van der Waals surface area contributed by atoms with Crippen molar-refractivity contribution in [1.29, 1.82) is 0 Å². The van der Waals surface area contributed by atoms with E-state index in [0.29, 0.717) is 0 Å². The fourth-order valence-corrected chi connectivity index (χ4v) is 10.4. The van der Waals surface area contributed by atoms with Crippen molar-refractivity contribution in [2.45, 2.75) is 0 Å². The summed E-state index contributed by atoms with van der Waals surface area (Å²) in [7, 11) is 0. The number of furan rings is 1. The molecule has 12 aromatic rings. The van der Waals surface area contributed by atoms with Gasteiger partial charge in [0.05, 0.1) is 5.69 Å². The Hall–Kier alpha value is -7.46. The number of rotatable bonds is 6. The summed E-state index contributed by atoms with van der Waals surface area (Å²) < 4.78 is 9.12. The SMILES string of the molecule is c1ccc(-c2c(N(c3ccc(-c4cccc5c4oc4ccccc45)cc3)c3ccc(-c4cccc5c4sc4ccccc45)cc3)c3ccccc3c3ccccc23)cc1. The van der Waals surface area contributed by atoms with Crippen LogP contribution >= 0.6 is 11.3 Å². The third kappa shape index (κ3) is 5.40. The Morgan fingerprint density at radius 2 is 0.864 bits per heavy atom. The Morgan fingerprint density at radius 3 is 1.59 bits per heavy atom. The zero-order chi connectivity index (χ0) is 38.9. The van der Waals surface area contributed by atoms with Crippen LogP contribution in [0.25, 0.3) is 97.0 Å². The van der Waals surface area contributed by atoms with Crippen LogP contribution in [0, 0.1) is 0 Å². The van der Waals surface area contributed by atoms with Gasteiger partial charge < -0.3 is 9.32 Å². The Balaban J connectivity index is 1.09. The van der Waals surface area contributed by atoms with Gasteiger partial charge >= 0.3 is 0 Å². The summed E-state index contributed by atoms with van der Waals surface area (Å²) in [6, 6.07) is 77.0. The van der Waals surface area contributed by atoms with E-state index in [0.717, 1.165) is 50.1 Å². The van der Waals surface area contributed by atoms with Gasteiger partial charge in [0.1, 0.15) is 11.2 Å². The molecule has 0 spiro atoms. The summed E-state index contributed by atoms with van der Waals surface area (Å²) >= 11 is 1.87. The molecule has 0 unspecified atom stereocenters. The molecule has 276 valence electrons. The first-order chi connectivity index (χ1) is 29.3. The first kappa shape index (κ1) is 33.7. The third-order valence-electron chi connectivity index (χ3n) is 11.9. The van der Waals surface area contributed by atoms with E-state index < -0.39 is 0 Å². The molecule has 2 heterocycles. The van der Waals surface area contributed by atoms with Gasteiger partial charge in [-0.15, -0.1) is 11.3 Å². The Morgan fingerprint density at radius 1 is 0.339 bits per heavy atom. The highest BCUT2D eigenvalue weighted by Gasteiger charge is 2.24. The number of benzene rings is 10. The molecule has 2 aromatic heterocycles. The van der Waals surface area contributed by atoms with Gasteiger partial charge in [0.25, 0.3) is 0 Å². The van der Waals surface area contributed by atoms with E-state index in [2.05, 4.69) is 205 Å². The molecule has 0 fully saturated rings. The van der Waals surface area contributed by atoms with Gasteiger partial charge in [0.2, 0.25) is 0 Å². The lowest BCUT2D eigenvalue weighted by Crippen LogP contribution is -2.12. The number of hydrogen-bond acceptors (Lipinski definition) is 3. The van der Waals surface area contributed by atoms with Crippen molar-refractivity contribution < 1.29 is 4.42 Å². The van der Waals surface area contributed by atoms with Gasteiger partial charge in [-0.3, -0.25) is 0 Å². The van der Waals surface area contributed by atoms with Crippen molar-refractivity contribution in [2.75, 3.05) is 4.90 Å². The van der Waals surface area contributed by atoms with E-state index in [4.69, 9.17) is 4.42 Å². The maximum Gasteiger partial charge on any atom is 0.143 e. The molecule has 0 atom stereocenters. The molecule has 0 saturated carbocycles. The highest BCUT2D eigenvalue weighted by Crippen LogP contribution is 2.50. The maximum absolute atomic E-state index is 6.49. The van der Waals surface area contributed by atoms with E-state index in [1.807, 2.05) is 23.5 Å². The Kier molecular flexibility index (Phi) is 7.75. The minimum atomic E-state index is 0.904. The predicted octanol–water partition coefficient (Wildman–Crippen LogP) is 16.7. The fraction of sp³-hybridized carbons (Fsp3) is 0. The standard InChI is InChI=1S/C56H35NOS/c1-2-14-38(15-3-1)53-47-20-6-4-16-43(47)44-17-5-7-21-48(44)54(53)57(39-32-28-36(29-33-39)41-22-12-24-49-45-18-8-10-26-51(45)58-55(41)49)40-34-30-37(31-35-40)42-23-13-25-50-46-19-9-11-27-52(46)59-56(42)50/h1-35H. The number of nitrogens with zero attached hydrogens (tertiary/aromatic N) is 1. The minimum Gasteiger partial charge on any atom is -0.455 e. The van der Waals surface area contributed by atoms with Crippen molar-refractivity contribution in [3.8, 4) is 33.4 Å². The first-order valence-corrected chi connectivity index (χ1v) is 20.9. The van der Waals surface area contributed by atoms with Crippen molar-refractivity contribution >= 4 is 92.1 Å². The molecule has 12 rings (SSSR count). The smallest absolute Gasteiger partial charge is 0.143 e. The van der Waals surface area contributed by atoms with Crippen LogP contribution in [0.2, 0.25) is 0 Å². The molecule has 3 heteroatoms. The average Bonchev–Trinajstić information content (AvgIpc) is 3.89. The van der Waals surface area contributed by atoms with Crippen LogP contribution in [0.1, 0.15) is 0 Å². The number of para-hydroxylation sites is 2. The molecular formula is C56H35NOS. The van der Waals surface area contributed by atoms with E-state index in [-0.39, 0.29) is 0 Å². The molecule has 59 heavy (non-hydrogen) atoms. The zero-order valence-electron chi connectivity index (χ0n) is 32.0. The lowest BCUT2D eigenvalue weighted by Gasteiger charge is -2.31. The van der Waals surface area contributed by atoms with Crippen LogP contribution in [0.4, 0.5) is 17.1 Å². The summed E-state index contributed by atoms with van der Waals surface area (Å²) in [6.45, 7) is 0. The van der Waals surface area contributed by atoms with Crippen LogP contribution < -0.4 is 4.90 Å². The van der Waals surface area contributed by atoms with Crippen molar-refractivity contribution in [2.24, 2.45) is 0 Å². The number of anilines is 3. The molecule has 0 bridgehead atoms. The maximum atomic E-state index is 6.49. The van der Waals surface area contributed by atoms with E-state index in [1.54, 1.807) is 0 Å². The minimum absolute atomic E-state index is 0.904. The van der Waals surface area contributed by atoms with Gasteiger partial charge in [0, 0.05) is 58.8 Å². The number of fused-ring (bicyclic) bond motifs is 9. The largest absolute Gasteiger partial charge is 0.455 e. The molecule has 0 aliphatic rings. The molecule has 2 nitrogen and oxygen atoms in total. The third-order valence-corrected chi connectivity index (χ3v) is 13.1. The Bertz CT molecular complexity index is 3390. The summed E-state index contributed by atoms with van der Waals surface area (Å²) in [5.74, 6) is 0. The van der Waals surface area contributed by atoms with Crippen molar-refractivity contribution in [1.82, 2.24) is 0 Å². The number of thiophene rings is 1. The summed E-state index contributed by atoms with van der Waals surface area (Å²) in [5.41, 5.74) is 12.1. The molecule has 0 radical (unpaired) electrons. The topological polar surface area (TPSA) is 16.4 Å². The fourth-order valence-electron chi connectivity index (χ4n) is 9.19. The van der Waals surface area contributed by atoms with Gasteiger partial charge in [-0.2, -0.15) is 0 Å². The normalized spacial score (nSPS) is 11.7. The van der Waals surface area contributed by atoms with Crippen LogP contribution in [0.3, 0.4) is 0 Å². The second kappa shape index (κ2) is 13.6. The first-order valence-electron chi connectivity index (χ1n) is 20.1. The quantitative estimate of drug-likeness (QED) is 0.157. The molecule has 0 saturated heterocycles. The molecular weight excluding hydrogens is 735 g/mol. The highest BCUT2D eigenvalue weighted by atomic mass is 32.1. The molecule has 0 aliphatic heterocycles. The molecule has 0 amide bonds. The summed E-state index contributed by atoms with van der Waals surface area (Å²) in [6.07, 6.45) is 0. The van der Waals surface area contributed by atoms with Crippen molar-refractivity contribution in [3.05, 3.63) is 212 Å². The summed E-state index contributed by atoms with van der Waals surface area (Å²) in [4.78, 5) is 2.46. The highest BCUT2D eigenvalue weighted by molar-refractivity contribution is 7.26. The van der Waals surface area contributed by atoms with E-state index in [1.165, 1.54) is 64.0 Å². The Labute approximate surface area is 345 Å². The van der Waals surface area contributed by atoms with Crippen LogP contribution in [-0.4, -0.2) is 0 Å². The monoisotopic (exact) mass is 769 g/mol. The van der Waals surface area contributed by atoms with E-state index in [9.17, 15) is 0 Å². The summed E-state index contributed by atoms with van der Waals surface area (Å²) in [5, 5.41) is 9.77. The molecule has 10 aromatic carbocycles. The van der Waals surface area contributed by atoms with Crippen LogP contribution in [0.5, 0.6) is 0 Å².